The average Bonchev–Trinajstić information content (AvgIpc) is 2.98. The van der Waals surface area contributed by atoms with Gasteiger partial charge in [-0.25, -0.2) is 8.42 Å². The molecule has 0 aromatic heterocycles. The van der Waals surface area contributed by atoms with Crippen molar-refractivity contribution < 1.29 is 27.5 Å². The molecule has 0 unspecified atom stereocenters. The van der Waals surface area contributed by atoms with Gasteiger partial charge in [0, 0.05) is 18.7 Å². The van der Waals surface area contributed by atoms with Crippen LogP contribution in [0.25, 0.3) is 0 Å². The van der Waals surface area contributed by atoms with Crippen LogP contribution in [0.2, 0.25) is 0 Å². The van der Waals surface area contributed by atoms with Gasteiger partial charge in [-0.3, -0.25) is 13.9 Å². The third-order valence-corrected chi connectivity index (χ3v) is 9.10. The van der Waals surface area contributed by atoms with Crippen molar-refractivity contribution in [2.45, 2.75) is 64.6 Å². The fourth-order valence-electron chi connectivity index (χ4n) is 4.37. The largest absolute Gasteiger partial charge is 0.493 e. The fourth-order valence-corrected chi connectivity index (χ4v) is 5.77. The predicted octanol–water partition coefficient (Wildman–Crippen LogP) is 4.85. The summed E-state index contributed by atoms with van der Waals surface area (Å²) in [5, 5.41) is 2.94. The molecule has 3 rings (SSSR count). The van der Waals surface area contributed by atoms with E-state index < -0.39 is 28.5 Å². The number of aryl methyl sites for hydroxylation is 2. The van der Waals surface area contributed by atoms with E-state index in [4.69, 9.17) is 9.47 Å². The van der Waals surface area contributed by atoms with E-state index in [-0.39, 0.29) is 29.1 Å². The number of sulfonamides is 1. The summed E-state index contributed by atoms with van der Waals surface area (Å²) in [6.45, 7) is 8.89. The Hall–Kier alpha value is -4.05. The minimum absolute atomic E-state index is 0.0312. The molecule has 0 heterocycles. The van der Waals surface area contributed by atoms with Crippen molar-refractivity contribution in [1.82, 2.24) is 10.2 Å². The molecule has 226 valence electrons. The highest BCUT2D eigenvalue weighted by molar-refractivity contribution is 7.92. The number of methoxy groups -OCH3 is 2. The summed E-state index contributed by atoms with van der Waals surface area (Å²) in [7, 11) is -1.27. The van der Waals surface area contributed by atoms with Crippen LogP contribution in [0.5, 0.6) is 11.5 Å². The van der Waals surface area contributed by atoms with E-state index in [1.165, 1.54) is 37.3 Å². The van der Waals surface area contributed by atoms with Crippen LogP contribution in [0.15, 0.2) is 71.6 Å². The molecule has 0 aliphatic rings. The van der Waals surface area contributed by atoms with Crippen LogP contribution in [-0.4, -0.2) is 58.0 Å². The normalized spacial score (nSPS) is 12.6. The van der Waals surface area contributed by atoms with Crippen LogP contribution >= 0.6 is 0 Å². The van der Waals surface area contributed by atoms with E-state index in [0.29, 0.717) is 11.5 Å². The number of benzene rings is 3. The minimum atomic E-state index is -4.21. The number of hydrogen-bond acceptors (Lipinski definition) is 6. The highest BCUT2D eigenvalue weighted by Gasteiger charge is 2.33. The predicted molar refractivity (Wildman–Crippen MR) is 164 cm³/mol. The average molecular weight is 596 g/mol. The second-order valence-corrected chi connectivity index (χ2v) is 12.2. The fraction of sp³-hybridized carbons (Fsp3) is 0.375. The monoisotopic (exact) mass is 595 g/mol. The summed E-state index contributed by atoms with van der Waals surface area (Å²) in [6, 6.07) is 17.7. The lowest BCUT2D eigenvalue weighted by Crippen LogP contribution is -2.52. The molecule has 0 radical (unpaired) electrons. The molecule has 2 amide bonds. The van der Waals surface area contributed by atoms with Crippen molar-refractivity contribution in [3.05, 3.63) is 83.4 Å². The second-order valence-electron chi connectivity index (χ2n) is 10.3. The highest BCUT2D eigenvalue weighted by atomic mass is 32.2. The Kier molecular flexibility index (Phi) is 11.0. The van der Waals surface area contributed by atoms with Crippen LogP contribution in [0.1, 0.15) is 43.9 Å². The van der Waals surface area contributed by atoms with Crippen molar-refractivity contribution in [3.8, 4) is 11.5 Å². The molecule has 0 spiro atoms. The molecule has 3 aromatic carbocycles. The first-order chi connectivity index (χ1) is 19.9. The first kappa shape index (κ1) is 32.5. The first-order valence-electron chi connectivity index (χ1n) is 13.9. The van der Waals surface area contributed by atoms with Crippen molar-refractivity contribution in [2.24, 2.45) is 0 Å². The molecule has 3 aromatic rings. The van der Waals surface area contributed by atoms with E-state index in [0.717, 1.165) is 27.4 Å². The zero-order valence-electron chi connectivity index (χ0n) is 25.4. The molecule has 42 heavy (non-hydrogen) atoms. The molecule has 10 heteroatoms. The van der Waals surface area contributed by atoms with Crippen LogP contribution in [0.3, 0.4) is 0 Å². The number of nitrogens with zero attached hydrogens (tertiary/aromatic N) is 2. The Morgan fingerprint density at radius 3 is 2.14 bits per heavy atom. The Bertz CT molecular complexity index is 1490. The zero-order chi connectivity index (χ0) is 31.0. The van der Waals surface area contributed by atoms with Gasteiger partial charge >= 0.3 is 0 Å². The smallest absolute Gasteiger partial charge is 0.264 e. The number of anilines is 1. The number of carbonyl (C=O) groups is 2. The molecule has 0 saturated heterocycles. The molecular weight excluding hydrogens is 554 g/mol. The Morgan fingerprint density at radius 1 is 0.905 bits per heavy atom. The molecule has 0 bridgehead atoms. The van der Waals surface area contributed by atoms with Gasteiger partial charge in [0.1, 0.15) is 12.6 Å². The van der Waals surface area contributed by atoms with Crippen LogP contribution in [-0.2, 0) is 26.2 Å². The van der Waals surface area contributed by atoms with Crippen LogP contribution in [0.4, 0.5) is 5.69 Å². The lowest BCUT2D eigenvalue weighted by atomic mass is 10.1. The lowest BCUT2D eigenvalue weighted by Gasteiger charge is -2.33. The van der Waals surface area contributed by atoms with E-state index in [1.54, 1.807) is 31.2 Å². The summed E-state index contributed by atoms with van der Waals surface area (Å²) in [4.78, 5) is 28.8. The standard InChI is InChI=1S/C32H41N3O6S/c1-8-24(4)33-32(37)25(5)34(20-26-12-10-9-11-23(26)3)31(36)21-35(27-15-18-29(40-6)30(19-27)41-7)42(38,39)28-16-13-22(2)14-17-28/h9-19,24-25H,8,20-21H2,1-7H3,(H,33,37)/t24-,25+/m0/s1. The third kappa shape index (κ3) is 7.61. The van der Waals surface area contributed by atoms with E-state index >= 15 is 0 Å². The van der Waals surface area contributed by atoms with E-state index in [2.05, 4.69) is 5.32 Å². The summed E-state index contributed by atoms with van der Waals surface area (Å²) in [5.74, 6) is -0.123. The summed E-state index contributed by atoms with van der Waals surface area (Å²) < 4.78 is 39.9. The molecular formula is C32H41N3O6S. The number of hydrogen-bond donors (Lipinski definition) is 1. The number of rotatable bonds is 13. The topological polar surface area (TPSA) is 105 Å². The van der Waals surface area contributed by atoms with Gasteiger partial charge in [0.2, 0.25) is 11.8 Å². The van der Waals surface area contributed by atoms with Gasteiger partial charge in [-0.2, -0.15) is 0 Å². The summed E-state index contributed by atoms with van der Waals surface area (Å²) in [6.07, 6.45) is 0.728. The molecule has 1 N–H and O–H groups in total. The number of amides is 2. The zero-order valence-corrected chi connectivity index (χ0v) is 26.2. The van der Waals surface area contributed by atoms with Gasteiger partial charge in [0.25, 0.3) is 10.0 Å². The van der Waals surface area contributed by atoms with Gasteiger partial charge in [-0.1, -0.05) is 48.9 Å². The van der Waals surface area contributed by atoms with Crippen LogP contribution in [0, 0.1) is 13.8 Å². The van der Waals surface area contributed by atoms with Gasteiger partial charge in [0.15, 0.2) is 11.5 Å². The van der Waals surface area contributed by atoms with Crippen molar-refractivity contribution in [2.75, 3.05) is 25.1 Å². The SMILES string of the molecule is CC[C@H](C)NC(=O)[C@@H](C)N(Cc1ccccc1C)C(=O)CN(c1ccc(OC)c(OC)c1)S(=O)(=O)c1ccc(C)cc1. The molecule has 0 fully saturated rings. The lowest BCUT2D eigenvalue weighted by molar-refractivity contribution is -0.139. The van der Waals surface area contributed by atoms with Gasteiger partial charge in [0.05, 0.1) is 24.8 Å². The third-order valence-electron chi connectivity index (χ3n) is 7.31. The molecule has 9 nitrogen and oxygen atoms in total. The van der Waals surface area contributed by atoms with E-state index in [9.17, 15) is 18.0 Å². The van der Waals surface area contributed by atoms with E-state index in [1.807, 2.05) is 52.0 Å². The van der Waals surface area contributed by atoms with Gasteiger partial charge in [-0.15, -0.1) is 0 Å². The summed E-state index contributed by atoms with van der Waals surface area (Å²) in [5.41, 5.74) is 2.92. The summed E-state index contributed by atoms with van der Waals surface area (Å²) >= 11 is 0. The maximum absolute atomic E-state index is 14.1. The maximum atomic E-state index is 14.1. The quantitative estimate of drug-likeness (QED) is 0.303. The number of nitrogens with one attached hydrogen (secondary N) is 1. The van der Waals surface area contributed by atoms with Crippen molar-refractivity contribution in [3.63, 3.8) is 0 Å². The number of carbonyl (C=O) groups excluding carboxylic acids is 2. The highest BCUT2D eigenvalue weighted by Crippen LogP contribution is 2.34. The maximum Gasteiger partial charge on any atom is 0.264 e. The second kappa shape index (κ2) is 14.2. The molecule has 0 saturated carbocycles. The first-order valence-corrected chi connectivity index (χ1v) is 15.3. The molecule has 2 atom stereocenters. The molecule has 0 aliphatic carbocycles. The molecule has 0 aliphatic heterocycles. The Labute approximate surface area is 249 Å². The van der Waals surface area contributed by atoms with Crippen molar-refractivity contribution in [1.29, 1.82) is 0 Å². The number of ether oxygens (including phenoxy) is 2. The van der Waals surface area contributed by atoms with Crippen molar-refractivity contribution >= 4 is 27.5 Å². The van der Waals surface area contributed by atoms with Gasteiger partial charge < -0.3 is 19.7 Å². The van der Waals surface area contributed by atoms with Crippen LogP contribution < -0.4 is 19.1 Å². The Balaban J connectivity index is 2.10. The Morgan fingerprint density at radius 2 is 1.55 bits per heavy atom. The minimum Gasteiger partial charge on any atom is -0.493 e. The van der Waals surface area contributed by atoms with Gasteiger partial charge in [-0.05, 0) is 69.5 Å².